The number of hydrogen-bond acceptors (Lipinski definition) is 3. The zero-order chi connectivity index (χ0) is 22.8. The van der Waals surface area contributed by atoms with E-state index >= 15 is 0 Å². The molecule has 0 radical (unpaired) electrons. The molecule has 0 aliphatic carbocycles. The van der Waals surface area contributed by atoms with Crippen molar-refractivity contribution in [2.45, 2.75) is 58.7 Å². The minimum Gasteiger partial charge on any atom is -0.494 e. The van der Waals surface area contributed by atoms with Gasteiger partial charge in [0, 0.05) is 29.1 Å². The molecular weight excluding hydrogens is 435 g/mol. The van der Waals surface area contributed by atoms with Crippen molar-refractivity contribution in [1.82, 2.24) is 10.2 Å². The minimum absolute atomic E-state index is 0.0327. The van der Waals surface area contributed by atoms with E-state index in [9.17, 15) is 9.59 Å². The van der Waals surface area contributed by atoms with Crippen LogP contribution in [0.1, 0.15) is 45.6 Å². The number of para-hydroxylation sites is 1. The SMILES string of the molecule is CC[C@@H](C)NC(=O)[C@@H](C)N(Cc1ccc(Cl)cc1Cl)C(=O)CCCOc1ccccc1. The van der Waals surface area contributed by atoms with Crippen molar-refractivity contribution < 1.29 is 14.3 Å². The molecule has 0 saturated carbocycles. The van der Waals surface area contributed by atoms with Crippen LogP contribution in [0.15, 0.2) is 48.5 Å². The molecule has 2 aromatic rings. The Hall–Kier alpha value is -2.24. The first kappa shape index (κ1) is 25.0. The topological polar surface area (TPSA) is 58.6 Å². The highest BCUT2D eigenvalue weighted by Crippen LogP contribution is 2.23. The molecule has 0 spiro atoms. The molecule has 2 rings (SSSR count). The summed E-state index contributed by atoms with van der Waals surface area (Å²) in [5, 5.41) is 3.94. The summed E-state index contributed by atoms with van der Waals surface area (Å²) in [6.07, 6.45) is 1.61. The summed E-state index contributed by atoms with van der Waals surface area (Å²) < 4.78 is 5.68. The third kappa shape index (κ3) is 8.08. The van der Waals surface area contributed by atoms with Gasteiger partial charge in [-0.3, -0.25) is 9.59 Å². The normalized spacial score (nSPS) is 12.7. The highest BCUT2D eigenvalue weighted by molar-refractivity contribution is 6.35. The lowest BCUT2D eigenvalue weighted by Crippen LogP contribution is -2.49. The molecule has 0 aromatic heterocycles. The van der Waals surface area contributed by atoms with Crippen LogP contribution in [-0.4, -0.2) is 35.4 Å². The van der Waals surface area contributed by atoms with Crippen molar-refractivity contribution in [3.05, 3.63) is 64.1 Å². The van der Waals surface area contributed by atoms with E-state index in [2.05, 4.69) is 5.32 Å². The summed E-state index contributed by atoms with van der Waals surface area (Å²) in [4.78, 5) is 27.3. The molecule has 2 atom stereocenters. The van der Waals surface area contributed by atoms with Gasteiger partial charge in [0.05, 0.1) is 6.61 Å². The Balaban J connectivity index is 2.05. The van der Waals surface area contributed by atoms with Gasteiger partial charge in [-0.25, -0.2) is 0 Å². The largest absolute Gasteiger partial charge is 0.494 e. The Morgan fingerprint density at radius 3 is 2.45 bits per heavy atom. The van der Waals surface area contributed by atoms with Gasteiger partial charge in [0.1, 0.15) is 11.8 Å². The molecular formula is C24H30Cl2N2O3. The van der Waals surface area contributed by atoms with E-state index in [-0.39, 0.29) is 30.8 Å². The molecule has 0 bridgehead atoms. The maximum atomic E-state index is 13.1. The summed E-state index contributed by atoms with van der Waals surface area (Å²) in [7, 11) is 0. The molecule has 0 heterocycles. The second kappa shape index (κ2) is 12.6. The monoisotopic (exact) mass is 464 g/mol. The summed E-state index contributed by atoms with van der Waals surface area (Å²) in [5.41, 5.74) is 0.739. The van der Waals surface area contributed by atoms with Crippen molar-refractivity contribution in [2.75, 3.05) is 6.61 Å². The Morgan fingerprint density at radius 1 is 1.10 bits per heavy atom. The lowest BCUT2D eigenvalue weighted by Gasteiger charge is -2.30. The summed E-state index contributed by atoms with van der Waals surface area (Å²) in [5.74, 6) is 0.448. The lowest BCUT2D eigenvalue weighted by molar-refractivity contribution is -0.141. The molecule has 0 unspecified atom stereocenters. The average molecular weight is 465 g/mol. The Labute approximate surface area is 194 Å². The number of nitrogens with one attached hydrogen (secondary N) is 1. The lowest BCUT2D eigenvalue weighted by atomic mass is 10.1. The van der Waals surface area contributed by atoms with Gasteiger partial charge < -0.3 is 15.0 Å². The molecule has 0 fully saturated rings. The van der Waals surface area contributed by atoms with Crippen LogP contribution in [0.4, 0.5) is 0 Å². The van der Waals surface area contributed by atoms with Crippen molar-refractivity contribution in [1.29, 1.82) is 0 Å². The van der Waals surface area contributed by atoms with Crippen LogP contribution in [0, 0.1) is 0 Å². The summed E-state index contributed by atoms with van der Waals surface area (Å²) in [6.45, 7) is 6.31. The fourth-order valence-electron chi connectivity index (χ4n) is 2.96. The molecule has 0 aliphatic rings. The van der Waals surface area contributed by atoms with Gasteiger partial charge in [-0.2, -0.15) is 0 Å². The van der Waals surface area contributed by atoms with E-state index in [0.717, 1.165) is 17.7 Å². The second-order valence-electron chi connectivity index (χ2n) is 7.52. The summed E-state index contributed by atoms with van der Waals surface area (Å²) in [6, 6.07) is 14.0. The van der Waals surface area contributed by atoms with Crippen molar-refractivity contribution in [3.63, 3.8) is 0 Å². The standard InChI is InChI=1S/C24H30Cl2N2O3/c1-4-17(2)27-24(30)18(3)28(16-19-12-13-20(25)15-22(19)26)23(29)11-8-14-31-21-9-6-5-7-10-21/h5-7,9-10,12-13,15,17-18H,4,8,11,14,16H2,1-3H3,(H,27,30)/t17-,18-/m1/s1. The maximum Gasteiger partial charge on any atom is 0.242 e. The number of nitrogens with zero attached hydrogens (tertiary/aromatic N) is 1. The zero-order valence-electron chi connectivity index (χ0n) is 18.2. The first-order valence-corrected chi connectivity index (χ1v) is 11.3. The molecule has 2 aromatic carbocycles. The van der Waals surface area contributed by atoms with Crippen molar-refractivity contribution >= 4 is 35.0 Å². The molecule has 7 heteroatoms. The minimum atomic E-state index is -0.636. The summed E-state index contributed by atoms with van der Waals surface area (Å²) >= 11 is 12.3. The van der Waals surface area contributed by atoms with Gasteiger partial charge in [-0.15, -0.1) is 0 Å². The Kier molecular flexibility index (Phi) is 10.2. The average Bonchev–Trinajstić information content (AvgIpc) is 2.76. The van der Waals surface area contributed by atoms with Crippen LogP contribution >= 0.6 is 23.2 Å². The van der Waals surface area contributed by atoms with Crippen LogP contribution < -0.4 is 10.1 Å². The predicted octanol–water partition coefficient (Wildman–Crippen LogP) is 5.48. The smallest absolute Gasteiger partial charge is 0.242 e. The molecule has 31 heavy (non-hydrogen) atoms. The van der Waals surface area contributed by atoms with Crippen LogP contribution in [0.2, 0.25) is 10.0 Å². The molecule has 0 saturated heterocycles. The van der Waals surface area contributed by atoms with E-state index < -0.39 is 6.04 Å². The van der Waals surface area contributed by atoms with Crippen molar-refractivity contribution in [3.8, 4) is 5.75 Å². The molecule has 1 N–H and O–H groups in total. The number of hydrogen-bond donors (Lipinski definition) is 1. The number of ether oxygens (including phenoxy) is 1. The quantitative estimate of drug-likeness (QED) is 0.447. The van der Waals surface area contributed by atoms with E-state index in [4.69, 9.17) is 27.9 Å². The fourth-order valence-corrected chi connectivity index (χ4v) is 3.42. The van der Waals surface area contributed by atoms with E-state index in [0.29, 0.717) is 23.1 Å². The highest BCUT2D eigenvalue weighted by Gasteiger charge is 2.27. The fraction of sp³-hybridized carbons (Fsp3) is 0.417. The van der Waals surface area contributed by atoms with E-state index in [1.807, 2.05) is 44.2 Å². The van der Waals surface area contributed by atoms with Gasteiger partial charge in [0.15, 0.2) is 0 Å². The zero-order valence-corrected chi connectivity index (χ0v) is 19.7. The van der Waals surface area contributed by atoms with E-state index in [1.54, 1.807) is 30.0 Å². The molecule has 5 nitrogen and oxygen atoms in total. The van der Waals surface area contributed by atoms with Gasteiger partial charge >= 0.3 is 0 Å². The van der Waals surface area contributed by atoms with Crippen LogP contribution in [0.25, 0.3) is 0 Å². The number of carbonyl (C=O) groups excluding carboxylic acids is 2. The molecule has 2 amide bonds. The highest BCUT2D eigenvalue weighted by atomic mass is 35.5. The van der Waals surface area contributed by atoms with Crippen molar-refractivity contribution in [2.24, 2.45) is 0 Å². The maximum absolute atomic E-state index is 13.1. The first-order chi connectivity index (χ1) is 14.8. The van der Waals surface area contributed by atoms with Gasteiger partial charge in [0.2, 0.25) is 11.8 Å². The van der Waals surface area contributed by atoms with Gasteiger partial charge in [0.25, 0.3) is 0 Å². The molecule has 0 aliphatic heterocycles. The number of carbonyl (C=O) groups is 2. The van der Waals surface area contributed by atoms with Gasteiger partial charge in [-0.05, 0) is 56.5 Å². The Bertz CT molecular complexity index is 861. The number of rotatable bonds is 11. The van der Waals surface area contributed by atoms with Crippen LogP contribution in [0.5, 0.6) is 5.75 Å². The number of benzene rings is 2. The Morgan fingerprint density at radius 2 is 1.81 bits per heavy atom. The van der Waals surface area contributed by atoms with Crippen LogP contribution in [0.3, 0.4) is 0 Å². The second-order valence-corrected chi connectivity index (χ2v) is 8.36. The van der Waals surface area contributed by atoms with Crippen LogP contribution in [-0.2, 0) is 16.1 Å². The first-order valence-electron chi connectivity index (χ1n) is 10.5. The number of amides is 2. The van der Waals surface area contributed by atoms with Gasteiger partial charge in [-0.1, -0.05) is 54.4 Å². The molecule has 168 valence electrons. The third-order valence-corrected chi connectivity index (χ3v) is 5.66. The number of halogens is 2. The van der Waals surface area contributed by atoms with E-state index in [1.165, 1.54) is 0 Å². The predicted molar refractivity (Wildman–Crippen MR) is 126 cm³/mol. The third-order valence-electron chi connectivity index (χ3n) is 5.07.